The number of nitrogens with one attached hydrogen (secondary N) is 4. The molecule has 2 aromatic rings. The van der Waals surface area contributed by atoms with Gasteiger partial charge < -0.3 is 10.6 Å². The lowest BCUT2D eigenvalue weighted by Gasteiger charge is -2.53. The third kappa shape index (κ3) is 4.61. The number of carbonyl (C=O) groups is 6. The average Bonchev–Trinajstić information content (AvgIpc) is 2.90. The van der Waals surface area contributed by atoms with Gasteiger partial charge in [-0.2, -0.15) is 0 Å². The number of carbonyl (C=O) groups excluding carboxylic acids is 6. The second-order valence-corrected chi connectivity index (χ2v) is 15.7. The van der Waals surface area contributed by atoms with Crippen LogP contribution in [0.4, 0.5) is 11.4 Å². The van der Waals surface area contributed by atoms with Gasteiger partial charge in [-0.3, -0.25) is 39.4 Å². The largest absolute Gasteiger partial charge is 0.326 e. The smallest absolute Gasteiger partial charge is 0.232 e. The van der Waals surface area contributed by atoms with Crippen LogP contribution in [0.1, 0.15) is 80.1 Å². The third-order valence-corrected chi connectivity index (χ3v) is 10.8. The van der Waals surface area contributed by atoms with Crippen molar-refractivity contribution in [2.45, 2.75) is 80.1 Å². The maximum Gasteiger partial charge on any atom is 0.232 e. The van der Waals surface area contributed by atoms with Crippen LogP contribution in [0, 0.1) is 32.5 Å². The van der Waals surface area contributed by atoms with Gasteiger partial charge in [-0.1, -0.05) is 53.7 Å². The number of rotatable bonds is 4. The van der Waals surface area contributed by atoms with Crippen LogP contribution in [0.15, 0.2) is 36.4 Å². The van der Waals surface area contributed by atoms with Gasteiger partial charge in [0.1, 0.15) is 0 Å². The zero-order valence-corrected chi connectivity index (χ0v) is 26.2. The third-order valence-electron chi connectivity index (χ3n) is 10.8. The van der Waals surface area contributed by atoms with Crippen LogP contribution in [-0.2, 0) is 28.8 Å². The van der Waals surface area contributed by atoms with Crippen LogP contribution in [0.25, 0.3) is 10.8 Å². The van der Waals surface area contributed by atoms with Crippen molar-refractivity contribution in [3.8, 4) is 0 Å². The summed E-state index contributed by atoms with van der Waals surface area (Å²) in [5, 5.41) is 12.7. The van der Waals surface area contributed by atoms with Gasteiger partial charge in [0.25, 0.3) is 0 Å². The Morgan fingerprint density at radius 1 is 0.523 bits per heavy atom. The van der Waals surface area contributed by atoms with Crippen molar-refractivity contribution >= 4 is 57.6 Å². The van der Waals surface area contributed by atoms with Gasteiger partial charge in [0.15, 0.2) is 0 Å². The number of imide groups is 2. The molecule has 2 heterocycles. The van der Waals surface area contributed by atoms with E-state index in [2.05, 4.69) is 21.3 Å². The van der Waals surface area contributed by atoms with Crippen molar-refractivity contribution < 1.29 is 28.8 Å². The molecule has 4 bridgehead atoms. The molecule has 4 N–H and O–H groups in total. The molecule has 2 saturated heterocycles. The van der Waals surface area contributed by atoms with Crippen molar-refractivity contribution in [3.63, 3.8) is 0 Å². The minimum absolute atomic E-state index is 0.252. The first-order valence-corrected chi connectivity index (χ1v) is 15.2. The van der Waals surface area contributed by atoms with E-state index in [1.54, 1.807) is 12.1 Å². The second-order valence-electron chi connectivity index (χ2n) is 15.7. The summed E-state index contributed by atoms with van der Waals surface area (Å²) >= 11 is 0. The van der Waals surface area contributed by atoms with Crippen molar-refractivity contribution in [3.05, 3.63) is 36.4 Å². The first-order chi connectivity index (χ1) is 20.3. The fourth-order valence-electron chi connectivity index (χ4n) is 9.28. The van der Waals surface area contributed by atoms with Gasteiger partial charge in [-0.15, -0.1) is 0 Å². The Kier molecular flexibility index (Phi) is 6.28. The monoisotopic (exact) mass is 600 g/mol. The van der Waals surface area contributed by atoms with Gasteiger partial charge in [0.2, 0.25) is 35.4 Å². The van der Waals surface area contributed by atoms with Crippen LogP contribution in [-0.4, -0.2) is 35.4 Å². The van der Waals surface area contributed by atoms with E-state index in [4.69, 9.17) is 0 Å². The SMILES string of the molecule is CC1(C(=O)Nc2ccc3ccc(NC(=O)C4(C)C[C@@]5(C)C[C@@](C)(C4)C(=O)NC5=O)cc3c2)C[C@@]2(C)C[C@@](C)(C1)C(=O)NC2=O. The van der Waals surface area contributed by atoms with E-state index < -0.39 is 32.5 Å². The zero-order valence-electron chi connectivity index (χ0n) is 26.2. The number of fused-ring (bicyclic) bond motifs is 5. The van der Waals surface area contributed by atoms with E-state index in [1.165, 1.54) is 0 Å². The van der Waals surface area contributed by atoms with E-state index in [9.17, 15) is 28.8 Å². The quantitative estimate of drug-likeness (QED) is 0.381. The van der Waals surface area contributed by atoms with E-state index in [0.717, 1.165) is 10.8 Å². The van der Waals surface area contributed by atoms with Crippen LogP contribution in [0.2, 0.25) is 0 Å². The molecule has 6 rings (SSSR count). The number of benzene rings is 2. The molecular formula is C34H40N4O6. The normalized spacial score (nSPS) is 38.0. The molecule has 2 aliphatic carbocycles. The highest BCUT2D eigenvalue weighted by Gasteiger charge is 2.62. The molecule has 2 aliphatic heterocycles. The molecule has 2 aromatic carbocycles. The Bertz CT molecular complexity index is 1520. The summed E-state index contributed by atoms with van der Waals surface area (Å²) in [6.45, 7) is 10.9. The molecule has 0 radical (unpaired) electrons. The first kappa shape index (κ1) is 30.0. The van der Waals surface area contributed by atoms with Crippen molar-refractivity contribution in [2.24, 2.45) is 32.5 Å². The van der Waals surface area contributed by atoms with Crippen LogP contribution >= 0.6 is 0 Å². The molecule has 2 saturated carbocycles. The topological polar surface area (TPSA) is 151 Å². The molecular weight excluding hydrogens is 560 g/mol. The van der Waals surface area contributed by atoms with Crippen molar-refractivity contribution in [1.29, 1.82) is 0 Å². The summed E-state index contributed by atoms with van der Waals surface area (Å²) in [5.74, 6) is -1.83. The molecule has 6 atom stereocenters. The second kappa shape index (κ2) is 9.22. The van der Waals surface area contributed by atoms with Crippen LogP contribution in [0.3, 0.4) is 0 Å². The molecule has 232 valence electrons. The highest BCUT2D eigenvalue weighted by atomic mass is 16.2. The van der Waals surface area contributed by atoms with E-state index in [-0.39, 0.29) is 35.4 Å². The highest BCUT2D eigenvalue weighted by Crippen LogP contribution is 2.58. The van der Waals surface area contributed by atoms with E-state index in [0.29, 0.717) is 49.9 Å². The predicted molar refractivity (Wildman–Crippen MR) is 164 cm³/mol. The van der Waals surface area contributed by atoms with Gasteiger partial charge in [-0.05, 0) is 73.6 Å². The lowest BCUT2D eigenvalue weighted by molar-refractivity contribution is -0.164. The minimum Gasteiger partial charge on any atom is -0.326 e. The molecule has 10 nitrogen and oxygen atoms in total. The summed E-state index contributed by atoms with van der Waals surface area (Å²) in [5.41, 5.74) is -4.01. The summed E-state index contributed by atoms with van der Waals surface area (Å²) < 4.78 is 0. The number of hydrogen-bond donors (Lipinski definition) is 4. The number of piperidine rings is 2. The predicted octanol–water partition coefficient (Wildman–Crippen LogP) is 4.44. The summed E-state index contributed by atoms with van der Waals surface area (Å²) in [6, 6.07) is 11.0. The fourth-order valence-corrected chi connectivity index (χ4v) is 9.28. The first-order valence-electron chi connectivity index (χ1n) is 15.2. The van der Waals surface area contributed by atoms with Gasteiger partial charge in [0, 0.05) is 43.9 Å². The zero-order chi connectivity index (χ0) is 32.1. The lowest BCUT2D eigenvalue weighted by atomic mass is 9.52. The molecule has 10 heteroatoms. The Morgan fingerprint density at radius 2 is 0.841 bits per heavy atom. The number of anilines is 2. The summed E-state index contributed by atoms with van der Waals surface area (Å²) in [7, 11) is 0. The molecule has 0 spiro atoms. The lowest BCUT2D eigenvalue weighted by Crippen LogP contribution is -2.63. The standard InChI is InChI=1S/C34H40N4O6/c1-29(13-31(3)17-32(4,14-29)26(42)37-25(31)41)23(39)35-21-9-7-19-8-10-22(12-20(19)11-21)36-24(40)30(2)15-33(5)18-34(6,16-30)28(44)38-27(33)43/h7-12H,13-18H2,1-6H3,(H,35,39)(H,36,40)(H,37,41,42)(H,38,43,44)/t29?,30?,31-,32+,33-,34+. The Morgan fingerprint density at radius 3 is 1.16 bits per heavy atom. The molecule has 2 unspecified atom stereocenters. The van der Waals surface area contributed by atoms with Gasteiger partial charge in [0.05, 0.1) is 0 Å². The maximum absolute atomic E-state index is 13.7. The molecule has 4 fully saturated rings. The number of amides is 6. The van der Waals surface area contributed by atoms with Gasteiger partial charge >= 0.3 is 0 Å². The average molecular weight is 601 g/mol. The maximum atomic E-state index is 13.7. The Labute approximate surface area is 256 Å². The summed E-state index contributed by atoms with van der Waals surface area (Å²) in [6.07, 6.45) is 2.14. The van der Waals surface area contributed by atoms with Crippen LogP contribution in [0.5, 0.6) is 0 Å². The number of hydrogen-bond acceptors (Lipinski definition) is 6. The Balaban J connectivity index is 1.21. The van der Waals surface area contributed by atoms with Crippen molar-refractivity contribution in [1.82, 2.24) is 10.6 Å². The highest BCUT2D eigenvalue weighted by molar-refractivity contribution is 6.07. The molecule has 4 aliphatic rings. The fraction of sp³-hybridized carbons (Fsp3) is 0.529. The van der Waals surface area contributed by atoms with E-state index in [1.807, 2.05) is 65.8 Å². The minimum atomic E-state index is -0.931. The van der Waals surface area contributed by atoms with Crippen LogP contribution < -0.4 is 21.3 Å². The van der Waals surface area contributed by atoms with Gasteiger partial charge in [-0.25, -0.2) is 0 Å². The summed E-state index contributed by atoms with van der Waals surface area (Å²) in [4.78, 5) is 78.2. The molecule has 44 heavy (non-hydrogen) atoms. The van der Waals surface area contributed by atoms with E-state index >= 15 is 0 Å². The molecule has 6 amide bonds. The van der Waals surface area contributed by atoms with Crippen molar-refractivity contribution in [2.75, 3.05) is 10.6 Å². The Hall–Kier alpha value is -4.08. The molecule has 0 aromatic heterocycles.